The van der Waals surface area contributed by atoms with Gasteiger partial charge in [-0.3, -0.25) is 0 Å². The van der Waals surface area contributed by atoms with Gasteiger partial charge in [-0.1, -0.05) is 43.4 Å². The molecule has 7 heteroatoms. The first-order valence-corrected chi connectivity index (χ1v) is 9.15. The molecule has 0 amide bonds. The third kappa shape index (κ3) is 2.28. The van der Waals surface area contributed by atoms with E-state index in [0.717, 1.165) is 25.2 Å². The number of alkyl halides is 5. The van der Waals surface area contributed by atoms with Crippen LogP contribution in [-0.2, 0) is 5.29 Å². The number of benzene rings is 1. The largest absolute Gasteiger partial charge is 0.342 e. The molecular formula is C11H12ClF5Si. The van der Waals surface area contributed by atoms with Crippen molar-refractivity contribution in [1.29, 1.82) is 0 Å². The molecule has 1 aromatic carbocycles. The molecule has 0 saturated carbocycles. The molecule has 0 saturated heterocycles. The van der Waals surface area contributed by atoms with Crippen molar-refractivity contribution in [2.45, 2.75) is 30.7 Å². The van der Waals surface area contributed by atoms with Crippen LogP contribution in [0.2, 0.25) is 13.1 Å². The van der Waals surface area contributed by atoms with Crippen LogP contribution >= 0.6 is 11.1 Å². The Kier molecular flexibility index (Phi) is 4.12. The van der Waals surface area contributed by atoms with Crippen molar-refractivity contribution in [3.63, 3.8) is 0 Å². The van der Waals surface area contributed by atoms with Crippen LogP contribution in [0.25, 0.3) is 0 Å². The molecular weight excluding hydrogens is 291 g/mol. The number of hydrogen-bond donors (Lipinski definition) is 0. The van der Waals surface area contributed by atoms with Gasteiger partial charge >= 0.3 is 12.3 Å². The Balaban J connectivity index is 3.48. The molecule has 0 aromatic heterocycles. The fourth-order valence-electron chi connectivity index (χ4n) is 1.75. The van der Waals surface area contributed by atoms with Gasteiger partial charge in [-0.05, 0) is 5.56 Å². The van der Waals surface area contributed by atoms with E-state index in [1.54, 1.807) is 0 Å². The summed E-state index contributed by atoms with van der Waals surface area (Å²) in [6, 6.07) is 6.19. The Labute approximate surface area is 107 Å². The van der Waals surface area contributed by atoms with Crippen LogP contribution < -0.4 is 0 Å². The highest BCUT2D eigenvalue weighted by Gasteiger charge is 2.69. The van der Waals surface area contributed by atoms with Crippen molar-refractivity contribution >= 4 is 18.5 Å². The normalized spacial score (nSPS) is 16.7. The van der Waals surface area contributed by atoms with Gasteiger partial charge in [0.1, 0.15) is 0 Å². The highest BCUT2D eigenvalue weighted by Crippen LogP contribution is 2.51. The predicted molar refractivity (Wildman–Crippen MR) is 63.5 cm³/mol. The van der Waals surface area contributed by atoms with E-state index in [9.17, 15) is 22.0 Å². The van der Waals surface area contributed by atoms with Gasteiger partial charge in [0.25, 0.3) is 0 Å². The molecule has 0 N–H and O–H groups in total. The van der Waals surface area contributed by atoms with E-state index < -0.39 is 30.6 Å². The molecule has 0 spiro atoms. The summed E-state index contributed by atoms with van der Waals surface area (Å²) in [6.07, 6.45) is -4.12. The summed E-state index contributed by atoms with van der Waals surface area (Å²) in [6.45, 7) is 2.16. The van der Waals surface area contributed by atoms with Gasteiger partial charge in [0, 0.05) is 0 Å². The Morgan fingerprint density at radius 3 is 1.83 bits per heavy atom. The summed E-state index contributed by atoms with van der Waals surface area (Å²) in [5, 5.41) is -3.53. The minimum atomic E-state index is -4.83. The maximum atomic E-state index is 14.8. The van der Waals surface area contributed by atoms with Crippen LogP contribution in [0.1, 0.15) is 5.56 Å². The van der Waals surface area contributed by atoms with Gasteiger partial charge < -0.3 is 0 Å². The average molecular weight is 303 g/mol. The van der Waals surface area contributed by atoms with Crippen LogP contribution in [0, 0.1) is 0 Å². The molecule has 102 valence electrons. The fourth-order valence-corrected chi connectivity index (χ4v) is 4.21. The summed E-state index contributed by atoms with van der Waals surface area (Å²) in [4.78, 5) is 0. The second-order valence-electron chi connectivity index (χ2n) is 4.42. The first kappa shape index (κ1) is 15.4. The van der Waals surface area contributed by atoms with E-state index in [-0.39, 0.29) is 0 Å². The number of hydrogen-bond acceptors (Lipinski definition) is 0. The summed E-state index contributed by atoms with van der Waals surface area (Å²) in [7, 11) is -3.77. The highest BCUT2D eigenvalue weighted by molar-refractivity contribution is 7.20. The van der Waals surface area contributed by atoms with E-state index in [1.165, 1.54) is 18.2 Å². The summed E-state index contributed by atoms with van der Waals surface area (Å²) in [5.41, 5.74) is -0.512. The van der Waals surface area contributed by atoms with Gasteiger partial charge in [0.05, 0.1) is 0 Å². The van der Waals surface area contributed by atoms with Crippen LogP contribution in [0.4, 0.5) is 22.0 Å². The zero-order valence-corrected chi connectivity index (χ0v) is 11.5. The van der Waals surface area contributed by atoms with Gasteiger partial charge in [0.2, 0.25) is 12.7 Å². The van der Waals surface area contributed by atoms with Crippen molar-refractivity contribution in [1.82, 2.24) is 0 Å². The molecule has 0 bridgehead atoms. The molecule has 0 fully saturated rings. The second kappa shape index (κ2) is 4.81. The third-order valence-corrected chi connectivity index (χ3v) is 5.77. The Morgan fingerprint density at radius 2 is 1.50 bits per heavy atom. The quantitative estimate of drug-likeness (QED) is 0.428. The lowest BCUT2D eigenvalue weighted by Crippen LogP contribution is -2.59. The Morgan fingerprint density at radius 1 is 1.06 bits per heavy atom. The van der Waals surface area contributed by atoms with Crippen molar-refractivity contribution < 1.29 is 22.0 Å². The highest BCUT2D eigenvalue weighted by atomic mass is 35.6. The standard InChI is InChI=1S/C11H12ClF5Si/c1-18(2,12)11(17,10(15,16)9(13)14)8-6-4-3-5-7-8/h3-7,9H,1-2H3. The molecule has 0 aliphatic carbocycles. The SMILES string of the molecule is C[Si](C)(Cl)C(F)(c1ccccc1)C(F)(F)C(F)F. The Bertz CT molecular complexity index is 404. The van der Waals surface area contributed by atoms with E-state index in [0.29, 0.717) is 0 Å². The maximum absolute atomic E-state index is 14.8. The molecule has 0 nitrogen and oxygen atoms in total. The molecule has 1 atom stereocenters. The first-order valence-electron chi connectivity index (χ1n) is 5.14. The summed E-state index contributed by atoms with van der Waals surface area (Å²) >= 11 is 5.75. The maximum Gasteiger partial charge on any atom is 0.342 e. The lowest BCUT2D eigenvalue weighted by Gasteiger charge is -2.39. The average Bonchev–Trinajstić information content (AvgIpc) is 2.27. The van der Waals surface area contributed by atoms with Crippen LogP contribution in [0.15, 0.2) is 30.3 Å². The predicted octanol–water partition coefficient (Wildman–Crippen LogP) is 4.73. The van der Waals surface area contributed by atoms with E-state index in [2.05, 4.69) is 0 Å². The molecule has 0 aliphatic heterocycles. The van der Waals surface area contributed by atoms with Crippen molar-refractivity contribution in [3.8, 4) is 0 Å². The smallest absolute Gasteiger partial charge is 0.234 e. The lowest BCUT2D eigenvalue weighted by atomic mass is 10.0. The topological polar surface area (TPSA) is 0 Å². The first-order chi connectivity index (χ1) is 8.05. The van der Waals surface area contributed by atoms with Gasteiger partial charge in [-0.15, -0.1) is 0 Å². The second-order valence-corrected chi connectivity index (χ2v) is 10.9. The van der Waals surface area contributed by atoms with Gasteiger partial charge in [0.15, 0.2) is 0 Å². The van der Waals surface area contributed by atoms with Crippen molar-refractivity contribution in [2.75, 3.05) is 0 Å². The van der Waals surface area contributed by atoms with Crippen LogP contribution in [0.5, 0.6) is 0 Å². The Hall–Kier alpha value is -0.623. The van der Waals surface area contributed by atoms with Gasteiger partial charge in [-0.2, -0.15) is 19.9 Å². The molecule has 0 radical (unpaired) electrons. The molecule has 0 aliphatic rings. The monoisotopic (exact) mass is 302 g/mol. The van der Waals surface area contributed by atoms with Crippen molar-refractivity contribution in [2.24, 2.45) is 0 Å². The van der Waals surface area contributed by atoms with Crippen molar-refractivity contribution in [3.05, 3.63) is 35.9 Å². The minimum Gasteiger partial charge on any atom is -0.234 e. The summed E-state index contributed by atoms with van der Waals surface area (Å²) < 4.78 is 67.0. The van der Waals surface area contributed by atoms with Gasteiger partial charge in [-0.25, -0.2) is 13.2 Å². The van der Waals surface area contributed by atoms with E-state index in [4.69, 9.17) is 11.1 Å². The number of rotatable bonds is 4. The zero-order chi connectivity index (χ0) is 14.2. The molecule has 18 heavy (non-hydrogen) atoms. The third-order valence-electron chi connectivity index (χ3n) is 2.72. The van der Waals surface area contributed by atoms with Crippen LogP contribution in [-0.4, -0.2) is 19.7 Å². The molecule has 1 unspecified atom stereocenters. The van der Waals surface area contributed by atoms with E-state index >= 15 is 0 Å². The number of halogens is 6. The zero-order valence-electron chi connectivity index (χ0n) is 9.73. The fraction of sp³-hybridized carbons (Fsp3) is 0.455. The van der Waals surface area contributed by atoms with E-state index in [1.807, 2.05) is 0 Å². The molecule has 1 rings (SSSR count). The molecule has 0 heterocycles. The minimum absolute atomic E-state index is 0.512. The van der Waals surface area contributed by atoms with Crippen LogP contribution in [0.3, 0.4) is 0 Å². The molecule has 1 aromatic rings. The summed E-state index contributed by atoms with van der Waals surface area (Å²) in [5.74, 6) is -4.83. The lowest BCUT2D eigenvalue weighted by molar-refractivity contribution is -0.192.